The summed E-state index contributed by atoms with van der Waals surface area (Å²) in [6.07, 6.45) is 6.23. The SMILES string of the molecule is Cc1cc(C(=O)Nc2ccc3c(c2)CCN(C2CCC2)CC3)n(-c2ccccc2)n1. The maximum Gasteiger partial charge on any atom is 0.274 e. The third-order valence-corrected chi connectivity index (χ3v) is 6.46. The van der Waals surface area contributed by atoms with Crippen LogP contribution in [0.3, 0.4) is 0 Å². The normalized spacial score (nSPS) is 17.1. The van der Waals surface area contributed by atoms with Crippen LogP contribution in [0.5, 0.6) is 0 Å². The number of hydrogen-bond donors (Lipinski definition) is 1. The maximum atomic E-state index is 13.1. The van der Waals surface area contributed by atoms with Gasteiger partial charge in [-0.3, -0.25) is 9.69 Å². The second kappa shape index (κ2) is 8.07. The van der Waals surface area contributed by atoms with Gasteiger partial charge in [0, 0.05) is 24.8 Å². The first kappa shape index (κ1) is 19.1. The van der Waals surface area contributed by atoms with Gasteiger partial charge in [0.25, 0.3) is 5.91 Å². The molecule has 3 aromatic rings. The minimum absolute atomic E-state index is 0.135. The quantitative estimate of drug-likeness (QED) is 0.707. The minimum atomic E-state index is -0.135. The lowest BCUT2D eigenvalue weighted by molar-refractivity contribution is 0.101. The van der Waals surface area contributed by atoms with Gasteiger partial charge in [0.05, 0.1) is 11.4 Å². The second-order valence-electron chi connectivity index (χ2n) is 8.48. The van der Waals surface area contributed by atoms with Crippen LogP contribution in [0.1, 0.15) is 46.6 Å². The lowest BCUT2D eigenvalue weighted by Gasteiger charge is -2.36. The van der Waals surface area contributed by atoms with E-state index < -0.39 is 0 Å². The zero-order chi connectivity index (χ0) is 20.5. The van der Waals surface area contributed by atoms with E-state index in [9.17, 15) is 4.79 Å². The van der Waals surface area contributed by atoms with E-state index in [4.69, 9.17) is 0 Å². The molecule has 1 aliphatic carbocycles. The standard InChI is InChI=1S/C25H28N4O/c1-18-16-24(29(27-18)23-6-3-2-4-7-23)25(30)26-21-11-10-19-12-14-28(22-8-5-9-22)15-13-20(19)17-21/h2-4,6-7,10-11,16-17,22H,5,8-9,12-15H2,1H3,(H,26,30). The molecular formula is C25H28N4O. The maximum absolute atomic E-state index is 13.1. The molecule has 1 saturated carbocycles. The highest BCUT2D eigenvalue weighted by molar-refractivity contribution is 6.03. The van der Waals surface area contributed by atoms with Crippen molar-refractivity contribution in [3.05, 3.63) is 77.1 Å². The zero-order valence-corrected chi connectivity index (χ0v) is 17.5. The van der Waals surface area contributed by atoms with Gasteiger partial charge in [0.2, 0.25) is 0 Å². The first-order chi connectivity index (χ1) is 14.7. The number of fused-ring (bicyclic) bond motifs is 1. The molecule has 1 fully saturated rings. The van der Waals surface area contributed by atoms with Crippen LogP contribution in [0.4, 0.5) is 5.69 Å². The largest absolute Gasteiger partial charge is 0.321 e. The monoisotopic (exact) mass is 400 g/mol. The summed E-state index contributed by atoms with van der Waals surface area (Å²) in [6, 6.07) is 18.8. The van der Waals surface area contributed by atoms with Crippen molar-refractivity contribution in [3.63, 3.8) is 0 Å². The summed E-state index contributed by atoms with van der Waals surface area (Å²) in [7, 11) is 0. The number of benzene rings is 2. The fourth-order valence-corrected chi connectivity index (χ4v) is 4.56. The molecule has 5 nitrogen and oxygen atoms in total. The second-order valence-corrected chi connectivity index (χ2v) is 8.48. The van der Waals surface area contributed by atoms with Crippen LogP contribution in [0.25, 0.3) is 5.69 Å². The number of hydrogen-bond acceptors (Lipinski definition) is 3. The predicted octanol–water partition coefficient (Wildman–Crippen LogP) is 4.39. The number of rotatable bonds is 4. The summed E-state index contributed by atoms with van der Waals surface area (Å²) >= 11 is 0. The van der Waals surface area contributed by atoms with E-state index in [0.29, 0.717) is 5.69 Å². The molecule has 1 aliphatic heterocycles. The molecule has 0 bridgehead atoms. The molecule has 1 aromatic heterocycles. The van der Waals surface area contributed by atoms with Gasteiger partial charge in [0.15, 0.2) is 0 Å². The smallest absolute Gasteiger partial charge is 0.274 e. The van der Waals surface area contributed by atoms with Gasteiger partial charge < -0.3 is 5.32 Å². The van der Waals surface area contributed by atoms with E-state index in [2.05, 4.69) is 27.4 Å². The lowest BCUT2D eigenvalue weighted by Crippen LogP contribution is -2.41. The molecule has 0 unspecified atom stereocenters. The van der Waals surface area contributed by atoms with Crippen LogP contribution in [0.15, 0.2) is 54.6 Å². The third-order valence-electron chi connectivity index (χ3n) is 6.46. The fraction of sp³-hybridized carbons (Fsp3) is 0.360. The average molecular weight is 401 g/mol. The Morgan fingerprint density at radius 3 is 2.50 bits per heavy atom. The minimum Gasteiger partial charge on any atom is -0.321 e. The molecule has 0 atom stereocenters. The molecule has 5 heteroatoms. The van der Waals surface area contributed by atoms with Crippen molar-refractivity contribution in [2.24, 2.45) is 0 Å². The zero-order valence-electron chi connectivity index (χ0n) is 17.5. The Labute approximate surface area is 177 Å². The number of amides is 1. The topological polar surface area (TPSA) is 50.2 Å². The van der Waals surface area contributed by atoms with Gasteiger partial charge in [-0.1, -0.05) is 30.7 Å². The van der Waals surface area contributed by atoms with Crippen LogP contribution >= 0.6 is 0 Å². The number of aromatic nitrogens is 2. The molecule has 154 valence electrons. The fourth-order valence-electron chi connectivity index (χ4n) is 4.56. The van der Waals surface area contributed by atoms with Crippen LogP contribution < -0.4 is 5.32 Å². The van der Waals surface area contributed by atoms with E-state index in [0.717, 1.165) is 49.0 Å². The number of carbonyl (C=O) groups is 1. The molecular weight excluding hydrogens is 372 g/mol. The van der Waals surface area contributed by atoms with Crippen LogP contribution in [0.2, 0.25) is 0 Å². The number of nitrogens with zero attached hydrogens (tertiary/aromatic N) is 3. The average Bonchev–Trinajstić information content (AvgIpc) is 3.00. The molecule has 0 radical (unpaired) electrons. The van der Waals surface area contributed by atoms with Gasteiger partial charge in [0.1, 0.15) is 5.69 Å². The van der Waals surface area contributed by atoms with E-state index in [1.54, 1.807) is 4.68 Å². The molecule has 2 aliphatic rings. The number of para-hydroxylation sites is 1. The molecule has 2 heterocycles. The molecule has 2 aromatic carbocycles. The van der Waals surface area contributed by atoms with Crippen LogP contribution in [-0.4, -0.2) is 39.7 Å². The van der Waals surface area contributed by atoms with E-state index in [1.807, 2.05) is 49.4 Å². The van der Waals surface area contributed by atoms with E-state index in [1.165, 1.54) is 30.4 Å². The Morgan fingerprint density at radius 2 is 1.77 bits per heavy atom. The molecule has 0 spiro atoms. The summed E-state index contributed by atoms with van der Waals surface area (Å²) in [5.41, 5.74) is 5.89. The molecule has 1 amide bonds. The predicted molar refractivity (Wildman–Crippen MR) is 119 cm³/mol. The highest BCUT2D eigenvalue weighted by atomic mass is 16.2. The number of aryl methyl sites for hydroxylation is 1. The number of anilines is 1. The van der Waals surface area contributed by atoms with E-state index in [-0.39, 0.29) is 5.91 Å². The van der Waals surface area contributed by atoms with Crippen molar-refractivity contribution >= 4 is 11.6 Å². The van der Waals surface area contributed by atoms with Gasteiger partial charge in [-0.05, 0) is 74.1 Å². The molecule has 0 saturated heterocycles. The summed E-state index contributed by atoms with van der Waals surface area (Å²) in [5.74, 6) is -0.135. The van der Waals surface area contributed by atoms with Crippen molar-refractivity contribution in [3.8, 4) is 5.69 Å². The highest BCUT2D eigenvalue weighted by Crippen LogP contribution is 2.28. The van der Waals surface area contributed by atoms with Crippen LogP contribution in [-0.2, 0) is 12.8 Å². The first-order valence-corrected chi connectivity index (χ1v) is 11.0. The van der Waals surface area contributed by atoms with Crippen molar-refractivity contribution in [1.29, 1.82) is 0 Å². The van der Waals surface area contributed by atoms with E-state index >= 15 is 0 Å². The van der Waals surface area contributed by atoms with Crippen molar-refractivity contribution < 1.29 is 4.79 Å². The van der Waals surface area contributed by atoms with Gasteiger partial charge in [-0.25, -0.2) is 4.68 Å². The summed E-state index contributed by atoms with van der Waals surface area (Å²) < 4.78 is 1.71. The summed E-state index contributed by atoms with van der Waals surface area (Å²) in [5, 5.41) is 7.61. The third kappa shape index (κ3) is 3.77. The van der Waals surface area contributed by atoms with Gasteiger partial charge >= 0.3 is 0 Å². The summed E-state index contributed by atoms with van der Waals surface area (Å²) in [6.45, 7) is 4.18. The van der Waals surface area contributed by atoms with Crippen molar-refractivity contribution in [1.82, 2.24) is 14.7 Å². The molecule has 5 rings (SSSR count). The first-order valence-electron chi connectivity index (χ1n) is 11.0. The van der Waals surface area contributed by atoms with Crippen molar-refractivity contribution in [2.75, 3.05) is 18.4 Å². The van der Waals surface area contributed by atoms with Crippen LogP contribution in [0, 0.1) is 6.92 Å². The molecule has 1 N–H and O–H groups in total. The lowest BCUT2D eigenvalue weighted by atomic mass is 9.91. The number of carbonyl (C=O) groups excluding carboxylic acids is 1. The Kier molecular flexibility index (Phi) is 5.13. The molecule has 30 heavy (non-hydrogen) atoms. The Bertz CT molecular complexity index is 1050. The highest BCUT2D eigenvalue weighted by Gasteiger charge is 2.26. The Morgan fingerprint density at radius 1 is 1.00 bits per heavy atom. The Hall–Kier alpha value is -2.92. The van der Waals surface area contributed by atoms with Gasteiger partial charge in [-0.2, -0.15) is 5.10 Å². The van der Waals surface area contributed by atoms with Gasteiger partial charge in [-0.15, -0.1) is 0 Å². The van der Waals surface area contributed by atoms with Crippen molar-refractivity contribution in [2.45, 2.75) is 45.1 Å². The Balaban J connectivity index is 1.34. The summed E-state index contributed by atoms with van der Waals surface area (Å²) in [4.78, 5) is 15.7. The number of nitrogens with one attached hydrogen (secondary N) is 1.